The molecule has 1 atom stereocenters. The van der Waals surface area contributed by atoms with E-state index >= 15 is 0 Å². The summed E-state index contributed by atoms with van der Waals surface area (Å²) in [6.45, 7) is 4.29. The molecule has 1 fully saturated rings. The summed E-state index contributed by atoms with van der Waals surface area (Å²) in [6.07, 6.45) is 0.112. The quantitative estimate of drug-likeness (QED) is 0.892. The van der Waals surface area contributed by atoms with Gasteiger partial charge in [-0.2, -0.15) is 0 Å². The predicted molar refractivity (Wildman–Crippen MR) is 97.8 cm³/mol. The van der Waals surface area contributed by atoms with Crippen molar-refractivity contribution in [3.8, 4) is 5.75 Å². The number of carbonyl (C=O) groups excluding carboxylic acids is 2. The van der Waals surface area contributed by atoms with Crippen molar-refractivity contribution in [2.45, 2.75) is 20.3 Å². The Hall–Kier alpha value is -2.89. The number of aryl methyl sites for hydroxylation is 1. The minimum atomic E-state index is -0.499. The average molecular weight is 356 g/mol. The molecular formula is C20H21FN2O3. The normalized spacial score (nSPS) is 16.7. The smallest absolute Gasteiger partial charge is 0.229 e. The highest BCUT2D eigenvalue weighted by Crippen LogP contribution is 2.33. The zero-order valence-corrected chi connectivity index (χ0v) is 14.8. The topological polar surface area (TPSA) is 58.6 Å². The van der Waals surface area contributed by atoms with Crippen molar-refractivity contribution in [1.29, 1.82) is 0 Å². The van der Waals surface area contributed by atoms with Gasteiger partial charge in [0.25, 0.3) is 0 Å². The molecule has 2 aromatic rings. The molecule has 5 nitrogen and oxygen atoms in total. The number of benzene rings is 2. The van der Waals surface area contributed by atoms with Crippen LogP contribution in [0.3, 0.4) is 0 Å². The van der Waals surface area contributed by atoms with Crippen molar-refractivity contribution in [1.82, 2.24) is 0 Å². The second-order valence-corrected chi connectivity index (χ2v) is 6.26. The van der Waals surface area contributed by atoms with Gasteiger partial charge in [0.2, 0.25) is 11.8 Å². The summed E-state index contributed by atoms with van der Waals surface area (Å²) in [5.74, 6) is -0.686. The lowest BCUT2D eigenvalue weighted by molar-refractivity contribution is -0.122. The van der Waals surface area contributed by atoms with Gasteiger partial charge in [0.05, 0.1) is 18.2 Å². The molecule has 0 aromatic heterocycles. The monoisotopic (exact) mass is 356 g/mol. The van der Waals surface area contributed by atoms with Crippen molar-refractivity contribution in [2.75, 3.05) is 23.4 Å². The molecule has 1 saturated heterocycles. The summed E-state index contributed by atoms with van der Waals surface area (Å²) < 4.78 is 19.2. The first-order valence-electron chi connectivity index (χ1n) is 8.58. The van der Waals surface area contributed by atoms with Crippen LogP contribution < -0.4 is 15.0 Å². The molecule has 0 spiro atoms. The Morgan fingerprint density at radius 3 is 2.81 bits per heavy atom. The Bertz CT molecular complexity index is 838. The highest BCUT2D eigenvalue weighted by Gasteiger charge is 2.36. The minimum Gasteiger partial charge on any atom is -0.492 e. The molecule has 1 heterocycles. The predicted octanol–water partition coefficient (Wildman–Crippen LogP) is 3.52. The summed E-state index contributed by atoms with van der Waals surface area (Å²) in [7, 11) is 0. The van der Waals surface area contributed by atoms with Gasteiger partial charge in [0, 0.05) is 18.7 Å². The third-order valence-corrected chi connectivity index (χ3v) is 4.39. The molecule has 0 saturated carbocycles. The van der Waals surface area contributed by atoms with Gasteiger partial charge in [-0.15, -0.1) is 0 Å². The van der Waals surface area contributed by atoms with Crippen molar-refractivity contribution >= 4 is 23.2 Å². The fourth-order valence-electron chi connectivity index (χ4n) is 2.99. The number of anilines is 2. The maximum absolute atomic E-state index is 13.6. The lowest BCUT2D eigenvalue weighted by Gasteiger charge is -2.20. The molecule has 1 aliphatic rings. The Morgan fingerprint density at radius 2 is 2.08 bits per heavy atom. The van der Waals surface area contributed by atoms with E-state index in [1.165, 1.54) is 6.07 Å². The number of amides is 2. The van der Waals surface area contributed by atoms with E-state index in [1.54, 1.807) is 36.1 Å². The van der Waals surface area contributed by atoms with Gasteiger partial charge in [0.1, 0.15) is 11.6 Å². The number of nitrogens with one attached hydrogen (secondary N) is 1. The van der Waals surface area contributed by atoms with Crippen molar-refractivity contribution < 1.29 is 18.7 Å². The molecule has 2 aromatic carbocycles. The van der Waals surface area contributed by atoms with Crippen LogP contribution >= 0.6 is 0 Å². The number of carbonyl (C=O) groups is 2. The number of hydrogen-bond donors (Lipinski definition) is 1. The Balaban J connectivity index is 1.73. The zero-order chi connectivity index (χ0) is 18.7. The van der Waals surface area contributed by atoms with Crippen LogP contribution in [0.1, 0.15) is 18.9 Å². The highest BCUT2D eigenvalue weighted by atomic mass is 19.1. The molecule has 0 aliphatic carbocycles. The second kappa shape index (κ2) is 7.56. The molecule has 1 aliphatic heterocycles. The van der Waals surface area contributed by atoms with E-state index in [4.69, 9.17) is 4.74 Å². The third kappa shape index (κ3) is 3.69. The van der Waals surface area contributed by atoms with Crippen LogP contribution in [-0.4, -0.2) is 25.0 Å². The lowest BCUT2D eigenvalue weighted by atomic mass is 10.1. The van der Waals surface area contributed by atoms with Crippen LogP contribution in [0.15, 0.2) is 42.5 Å². The van der Waals surface area contributed by atoms with Gasteiger partial charge < -0.3 is 15.0 Å². The summed E-state index contributed by atoms with van der Waals surface area (Å²) in [5, 5.41) is 2.70. The van der Waals surface area contributed by atoms with E-state index in [1.807, 2.05) is 19.1 Å². The fourth-order valence-corrected chi connectivity index (χ4v) is 2.99. The van der Waals surface area contributed by atoms with Gasteiger partial charge >= 0.3 is 0 Å². The number of hydrogen-bond acceptors (Lipinski definition) is 3. The average Bonchev–Trinajstić information content (AvgIpc) is 3.01. The first-order valence-corrected chi connectivity index (χ1v) is 8.58. The minimum absolute atomic E-state index is 0.112. The van der Waals surface area contributed by atoms with Crippen molar-refractivity contribution in [2.24, 2.45) is 5.92 Å². The van der Waals surface area contributed by atoms with Crippen LogP contribution in [-0.2, 0) is 9.59 Å². The van der Waals surface area contributed by atoms with Gasteiger partial charge in [-0.3, -0.25) is 9.59 Å². The van der Waals surface area contributed by atoms with E-state index in [9.17, 15) is 14.0 Å². The van der Waals surface area contributed by atoms with Crippen LogP contribution in [0, 0.1) is 18.7 Å². The van der Waals surface area contributed by atoms with Crippen LogP contribution in [0.25, 0.3) is 0 Å². The summed E-state index contributed by atoms with van der Waals surface area (Å²) in [5.41, 5.74) is 1.56. The third-order valence-electron chi connectivity index (χ3n) is 4.39. The van der Waals surface area contributed by atoms with Gasteiger partial charge in [0.15, 0.2) is 0 Å². The molecule has 2 amide bonds. The number of rotatable bonds is 5. The van der Waals surface area contributed by atoms with Gasteiger partial charge in [-0.1, -0.05) is 18.2 Å². The van der Waals surface area contributed by atoms with Crippen molar-refractivity contribution in [3.63, 3.8) is 0 Å². The first kappa shape index (κ1) is 17.9. The number of para-hydroxylation sites is 2. The highest BCUT2D eigenvalue weighted by molar-refractivity contribution is 6.04. The summed E-state index contributed by atoms with van der Waals surface area (Å²) in [4.78, 5) is 26.5. The summed E-state index contributed by atoms with van der Waals surface area (Å²) >= 11 is 0. The Labute approximate surface area is 151 Å². The standard InChI is InChI=1S/C20H21FN2O3/c1-3-26-18-7-5-4-6-17(18)23-12-14(10-19(23)24)20(25)22-15-9-8-13(2)16(21)11-15/h4-9,11,14H,3,10,12H2,1-2H3,(H,22,25)/t14-/m0/s1. The maximum atomic E-state index is 13.6. The zero-order valence-electron chi connectivity index (χ0n) is 14.8. The van der Waals surface area contributed by atoms with Crippen LogP contribution in [0.2, 0.25) is 0 Å². The first-order chi connectivity index (χ1) is 12.5. The molecule has 3 rings (SSSR count). The number of halogens is 1. The molecule has 0 bridgehead atoms. The molecule has 26 heavy (non-hydrogen) atoms. The fraction of sp³-hybridized carbons (Fsp3) is 0.300. The van der Waals surface area contributed by atoms with Crippen LogP contribution in [0.4, 0.5) is 15.8 Å². The van der Waals surface area contributed by atoms with E-state index in [0.29, 0.717) is 29.3 Å². The molecule has 136 valence electrons. The van der Waals surface area contributed by atoms with Crippen molar-refractivity contribution in [3.05, 3.63) is 53.8 Å². The molecule has 0 radical (unpaired) electrons. The lowest BCUT2D eigenvalue weighted by Crippen LogP contribution is -2.28. The molecule has 6 heteroatoms. The Morgan fingerprint density at radius 1 is 1.31 bits per heavy atom. The van der Waals surface area contributed by atoms with E-state index in [0.717, 1.165) is 0 Å². The van der Waals surface area contributed by atoms with Crippen LogP contribution in [0.5, 0.6) is 5.75 Å². The van der Waals surface area contributed by atoms with E-state index < -0.39 is 5.92 Å². The molecular weight excluding hydrogens is 335 g/mol. The van der Waals surface area contributed by atoms with E-state index in [-0.39, 0.29) is 30.6 Å². The summed E-state index contributed by atoms with van der Waals surface area (Å²) in [6, 6.07) is 11.8. The van der Waals surface area contributed by atoms with E-state index in [2.05, 4.69) is 5.32 Å². The maximum Gasteiger partial charge on any atom is 0.229 e. The molecule has 0 unspecified atom stereocenters. The Kier molecular flexibility index (Phi) is 5.21. The van der Waals surface area contributed by atoms with Gasteiger partial charge in [-0.05, 0) is 43.7 Å². The molecule has 1 N–H and O–H groups in total. The second-order valence-electron chi connectivity index (χ2n) is 6.26. The largest absolute Gasteiger partial charge is 0.492 e. The number of nitrogens with zero attached hydrogens (tertiary/aromatic N) is 1. The SMILES string of the molecule is CCOc1ccccc1N1C[C@@H](C(=O)Nc2ccc(C)c(F)c2)CC1=O. The number of ether oxygens (including phenoxy) is 1. The van der Waals surface area contributed by atoms with Gasteiger partial charge in [-0.25, -0.2) is 4.39 Å².